The first-order chi connectivity index (χ1) is 11.9. The van der Waals surface area contributed by atoms with Gasteiger partial charge in [0.1, 0.15) is 0 Å². The highest BCUT2D eigenvalue weighted by molar-refractivity contribution is 7.98. The molecular formula is C23H32S. The fourth-order valence-electron chi connectivity index (χ4n) is 3.22. The Morgan fingerprint density at radius 1 is 0.750 bits per heavy atom. The van der Waals surface area contributed by atoms with Crippen LogP contribution in [0.3, 0.4) is 0 Å². The van der Waals surface area contributed by atoms with Crippen molar-refractivity contribution in [3.8, 4) is 0 Å². The van der Waals surface area contributed by atoms with Crippen LogP contribution >= 0.6 is 11.8 Å². The Balaban J connectivity index is 1.69. The molecule has 1 atom stereocenters. The van der Waals surface area contributed by atoms with Gasteiger partial charge in [-0.25, -0.2) is 0 Å². The lowest BCUT2D eigenvalue weighted by Crippen LogP contribution is -2.06. The smallest absolute Gasteiger partial charge is 0.0184 e. The second-order valence-corrected chi connectivity index (χ2v) is 7.84. The minimum absolute atomic E-state index is 0.858. The summed E-state index contributed by atoms with van der Waals surface area (Å²) < 4.78 is 0. The van der Waals surface area contributed by atoms with Crippen LogP contribution in [0.15, 0.2) is 60.7 Å². The second-order valence-electron chi connectivity index (χ2n) is 6.73. The molecule has 0 aliphatic heterocycles. The van der Waals surface area contributed by atoms with E-state index < -0.39 is 0 Å². The predicted molar refractivity (Wildman–Crippen MR) is 110 cm³/mol. The highest BCUT2D eigenvalue weighted by atomic mass is 32.2. The Kier molecular flexibility index (Phi) is 9.72. The average molecular weight is 341 g/mol. The van der Waals surface area contributed by atoms with Crippen LogP contribution in [0.2, 0.25) is 0 Å². The van der Waals surface area contributed by atoms with Crippen LogP contribution in [0.1, 0.15) is 56.6 Å². The van der Waals surface area contributed by atoms with Gasteiger partial charge >= 0.3 is 0 Å². The molecule has 0 aliphatic rings. The van der Waals surface area contributed by atoms with Crippen molar-refractivity contribution >= 4 is 11.8 Å². The third-order valence-electron chi connectivity index (χ3n) is 4.60. The lowest BCUT2D eigenvalue weighted by atomic mass is 9.90. The fourth-order valence-corrected chi connectivity index (χ4v) is 4.16. The highest BCUT2D eigenvalue weighted by Crippen LogP contribution is 2.23. The molecule has 0 nitrogen and oxygen atoms in total. The zero-order valence-electron chi connectivity index (χ0n) is 15.1. The summed E-state index contributed by atoms with van der Waals surface area (Å²) in [7, 11) is 0. The van der Waals surface area contributed by atoms with E-state index in [2.05, 4.69) is 79.3 Å². The minimum Gasteiger partial charge on any atom is -0.157 e. The van der Waals surface area contributed by atoms with Crippen LogP contribution < -0.4 is 0 Å². The third-order valence-corrected chi connectivity index (χ3v) is 5.71. The first-order valence-electron chi connectivity index (χ1n) is 9.54. The summed E-state index contributed by atoms with van der Waals surface area (Å²) in [6.45, 7) is 2.30. The molecule has 0 spiro atoms. The Labute approximate surface area is 153 Å². The molecule has 1 heteroatoms. The number of thioether (sulfide) groups is 1. The zero-order valence-corrected chi connectivity index (χ0v) is 15.9. The van der Waals surface area contributed by atoms with Crippen molar-refractivity contribution in [3.63, 3.8) is 0 Å². The molecule has 0 aliphatic carbocycles. The summed E-state index contributed by atoms with van der Waals surface area (Å²) in [4.78, 5) is 0. The number of hydrogen-bond acceptors (Lipinski definition) is 1. The topological polar surface area (TPSA) is 0 Å². The predicted octanol–water partition coefficient (Wildman–Crippen LogP) is 7.14. The molecule has 0 heterocycles. The molecule has 0 bridgehead atoms. The van der Waals surface area contributed by atoms with Crippen molar-refractivity contribution in [3.05, 3.63) is 71.8 Å². The quantitative estimate of drug-likeness (QED) is 0.370. The van der Waals surface area contributed by atoms with Gasteiger partial charge in [-0.15, -0.1) is 0 Å². The lowest BCUT2D eigenvalue weighted by Gasteiger charge is -2.17. The van der Waals surface area contributed by atoms with Crippen LogP contribution in [0.4, 0.5) is 0 Å². The summed E-state index contributed by atoms with van der Waals surface area (Å²) in [6, 6.07) is 21.9. The van der Waals surface area contributed by atoms with Gasteiger partial charge in [0, 0.05) is 5.75 Å². The number of hydrogen-bond donors (Lipinski definition) is 0. The second kappa shape index (κ2) is 12.2. The maximum Gasteiger partial charge on any atom is 0.0184 e. The van der Waals surface area contributed by atoms with Gasteiger partial charge in [0.2, 0.25) is 0 Å². The maximum atomic E-state index is 2.30. The van der Waals surface area contributed by atoms with E-state index in [4.69, 9.17) is 0 Å². The lowest BCUT2D eigenvalue weighted by molar-refractivity contribution is 0.423. The van der Waals surface area contributed by atoms with E-state index in [-0.39, 0.29) is 0 Å². The summed E-state index contributed by atoms with van der Waals surface area (Å²) >= 11 is 2.08. The van der Waals surface area contributed by atoms with Crippen LogP contribution in [0.25, 0.3) is 0 Å². The van der Waals surface area contributed by atoms with Gasteiger partial charge in [-0.2, -0.15) is 11.8 Å². The summed E-state index contributed by atoms with van der Waals surface area (Å²) in [6.07, 6.45) is 9.48. The van der Waals surface area contributed by atoms with Crippen molar-refractivity contribution < 1.29 is 0 Å². The summed E-state index contributed by atoms with van der Waals surface area (Å²) in [5, 5.41) is 0. The van der Waals surface area contributed by atoms with Crippen LogP contribution in [-0.4, -0.2) is 5.75 Å². The SMILES string of the molecule is CCCCCC(CCCSCc1ccccc1)Cc1ccccc1. The van der Waals surface area contributed by atoms with Crippen molar-refractivity contribution in [2.75, 3.05) is 5.75 Å². The Morgan fingerprint density at radius 3 is 2.04 bits per heavy atom. The van der Waals surface area contributed by atoms with Crippen LogP contribution in [0, 0.1) is 5.92 Å². The molecule has 2 aromatic rings. The molecule has 0 saturated carbocycles. The van der Waals surface area contributed by atoms with E-state index in [1.807, 2.05) is 0 Å². The summed E-state index contributed by atoms with van der Waals surface area (Å²) in [5.74, 6) is 3.30. The van der Waals surface area contributed by atoms with Gasteiger partial charge in [-0.05, 0) is 42.1 Å². The maximum absolute atomic E-state index is 2.30. The Hall–Kier alpha value is -1.21. The normalized spacial score (nSPS) is 12.2. The van der Waals surface area contributed by atoms with Crippen molar-refractivity contribution in [1.29, 1.82) is 0 Å². The van der Waals surface area contributed by atoms with E-state index in [1.54, 1.807) is 0 Å². The molecule has 0 aromatic heterocycles. The monoisotopic (exact) mass is 340 g/mol. The molecule has 0 radical (unpaired) electrons. The van der Waals surface area contributed by atoms with Crippen molar-refractivity contribution in [1.82, 2.24) is 0 Å². The van der Waals surface area contributed by atoms with Gasteiger partial charge in [-0.3, -0.25) is 0 Å². The molecule has 0 amide bonds. The van der Waals surface area contributed by atoms with Gasteiger partial charge in [-0.1, -0.05) is 93.3 Å². The fraction of sp³-hybridized carbons (Fsp3) is 0.478. The highest BCUT2D eigenvalue weighted by Gasteiger charge is 2.09. The summed E-state index contributed by atoms with van der Waals surface area (Å²) in [5.41, 5.74) is 2.96. The van der Waals surface area contributed by atoms with Gasteiger partial charge in [0.05, 0.1) is 0 Å². The van der Waals surface area contributed by atoms with E-state index in [0.29, 0.717) is 0 Å². The van der Waals surface area contributed by atoms with E-state index in [9.17, 15) is 0 Å². The molecular weight excluding hydrogens is 308 g/mol. The van der Waals surface area contributed by atoms with Gasteiger partial charge in [0.15, 0.2) is 0 Å². The molecule has 1 unspecified atom stereocenters. The number of rotatable bonds is 12. The third kappa shape index (κ3) is 8.06. The average Bonchev–Trinajstić information content (AvgIpc) is 2.63. The molecule has 24 heavy (non-hydrogen) atoms. The minimum atomic E-state index is 0.858. The van der Waals surface area contributed by atoms with Gasteiger partial charge < -0.3 is 0 Å². The van der Waals surface area contributed by atoms with Gasteiger partial charge in [0.25, 0.3) is 0 Å². The zero-order chi connectivity index (χ0) is 16.9. The first kappa shape index (κ1) is 19.1. The first-order valence-corrected chi connectivity index (χ1v) is 10.7. The van der Waals surface area contributed by atoms with Crippen LogP contribution in [0.5, 0.6) is 0 Å². The van der Waals surface area contributed by atoms with E-state index in [1.165, 1.54) is 61.8 Å². The number of benzene rings is 2. The van der Waals surface area contributed by atoms with Crippen molar-refractivity contribution in [2.24, 2.45) is 5.92 Å². The molecule has 130 valence electrons. The molecule has 2 rings (SSSR count). The Bertz CT molecular complexity index is 520. The molecule has 0 saturated heterocycles. The van der Waals surface area contributed by atoms with Crippen LogP contribution in [-0.2, 0) is 12.2 Å². The number of unbranched alkanes of at least 4 members (excludes halogenated alkanes) is 2. The molecule has 0 fully saturated rings. The van der Waals surface area contributed by atoms with E-state index >= 15 is 0 Å². The standard InChI is InChI=1S/C23H32S/c1-2-3-6-12-22(19-21-13-7-4-8-14-21)17-11-18-24-20-23-15-9-5-10-16-23/h4-5,7-10,13-16,22H,2-3,6,11-12,17-20H2,1H3. The largest absolute Gasteiger partial charge is 0.157 e. The Morgan fingerprint density at radius 2 is 1.38 bits per heavy atom. The molecule has 0 N–H and O–H groups in total. The molecule has 2 aromatic carbocycles. The van der Waals surface area contributed by atoms with Crippen molar-refractivity contribution in [2.45, 2.75) is 57.6 Å². The van der Waals surface area contributed by atoms with E-state index in [0.717, 1.165) is 11.7 Å².